The van der Waals surface area contributed by atoms with Gasteiger partial charge in [0.1, 0.15) is 24.4 Å². The molecule has 0 saturated carbocycles. The lowest BCUT2D eigenvalue weighted by atomic mass is 10.0. The van der Waals surface area contributed by atoms with Crippen LogP contribution in [-0.2, 0) is 9.47 Å². The van der Waals surface area contributed by atoms with Crippen molar-refractivity contribution in [3.8, 4) is 0 Å². The van der Waals surface area contributed by atoms with Crippen LogP contribution in [0.4, 0.5) is 0 Å². The molecular weight excluding hydrogens is 376 g/mol. The summed E-state index contributed by atoms with van der Waals surface area (Å²) >= 11 is 1.20. The van der Waals surface area contributed by atoms with Crippen LogP contribution in [0, 0.1) is 0 Å². The smallest absolute Gasteiger partial charge is 0.282 e. The molecule has 1 fully saturated rings. The summed E-state index contributed by atoms with van der Waals surface area (Å²) in [6.45, 7) is 0.832. The highest BCUT2D eigenvalue weighted by Crippen LogP contribution is 2.15. The van der Waals surface area contributed by atoms with Gasteiger partial charge in [-0.1, -0.05) is 0 Å². The average molecular weight is 404 g/mol. The zero-order valence-corrected chi connectivity index (χ0v) is 16.0. The van der Waals surface area contributed by atoms with Crippen molar-refractivity contribution in [3.63, 3.8) is 0 Å². The highest BCUT2D eigenvalue weighted by Gasteiger charge is 2.34. The number of thiazole rings is 1. The summed E-state index contributed by atoms with van der Waals surface area (Å²) in [5, 5.41) is 42.0. The van der Waals surface area contributed by atoms with Crippen molar-refractivity contribution < 1.29 is 34.7 Å². The standard InChI is InChI=1S/C17H28N2O7S/c20-11-13(22)15-14(23)12(21)10-19(17(24)16-18-4-9-27-16)5-3-7-25-6-1-2-8-26-15/h4,9,12-15,20-23H,1-3,5-8,10-11H2/t12-,13-,14-,15-/m1/s1. The van der Waals surface area contributed by atoms with Gasteiger partial charge in [0, 0.05) is 44.5 Å². The van der Waals surface area contributed by atoms with E-state index in [4.69, 9.17) is 9.47 Å². The number of carbonyl (C=O) groups is 1. The molecule has 9 nitrogen and oxygen atoms in total. The van der Waals surface area contributed by atoms with E-state index in [0.29, 0.717) is 37.6 Å². The van der Waals surface area contributed by atoms with Crippen LogP contribution in [0.15, 0.2) is 11.6 Å². The fourth-order valence-electron chi connectivity index (χ4n) is 2.82. The molecule has 2 rings (SSSR count). The lowest BCUT2D eigenvalue weighted by molar-refractivity contribution is -0.145. The first-order valence-corrected chi connectivity index (χ1v) is 9.95. The molecule has 10 heteroatoms. The van der Waals surface area contributed by atoms with Crippen LogP contribution in [0.5, 0.6) is 0 Å². The van der Waals surface area contributed by atoms with E-state index in [9.17, 15) is 25.2 Å². The molecule has 0 unspecified atom stereocenters. The Bertz CT molecular complexity index is 545. The molecule has 2 heterocycles. The summed E-state index contributed by atoms with van der Waals surface area (Å²) < 4.78 is 11.0. The van der Waals surface area contributed by atoms with Gasteiger partial charge in [0.15, 0.2) is 5.01 Å². The van der Waals surface area contributed by atoms with Crippen LogP contribution in [0.25, 0.3) is 0 Å². The molecule has 27 heavy (non-hydrogen) atoms. The molecule has 1 aromatic rings. The number of carbonyl (C=O) groups excluding carboxylic acids is 1. The molecular formula is C17H28N2O7S. The highest BCUT2D eigenvalue weighted by atomic mass is 32.1. The maximum Gasteiger partial charge on any atom is 0.282 e. The lowest BCUT2D eigenvalue weighted by Gasteiger charge is -2.33. The van der Waals surface area contributed by atoms with Gasteiger partial charge < -0.3 is 34.8 Å². The molecule has 1 saturated heterocycles. The van der Waals surface area contributed by atoms with Crippen molar-refractivity contribution in [2.45, 2.75) is 43.7 Å². The van der Waals surface area contributed by atoms with E-state index in [1.165, 1.54) is 22.4 Å². The number of hydrogen-bond acceptors (Lipinski definition) is 9. The molecule has 1 amide bonds. The number of β-amino-alcohol motifs (C(OH)–C–C–N with tert-alkyl or cyclic N) is 1. The maximum absolute atomic E-state index is 12.6. The predicted octanol–water partition coefficient (Wildman–Crippen LogP) is -0.754. The third kappa shape index (κ3) is 6.75. The highest BCUT2D eigenvalue weighted by molar-refractivity contribution is 7.11. The quantitative estimate of drug-likeness (QED) is 0.517. The number of nitrogens with zero attached hydrogens (tertiary/aromatic N) is 2. The normalized spacial score (nSPS) is 27.7. The number of ether oxygens (including phenoxy) is 2. The molecule has 0 aromatic carbocycles. The lowest BCUT2D eigenvalue weighted by Crippen LogP contribution is -2.52. The Morgan fingerprint density at radius 1 is 1.30 bits per heavy atom. The maximum atomic E-state index is 12.6. The molecule has 1 aliphatic heterocycles. The van der Waals surface area contributed by atoms with Gasteiger partial charge >= 0.3 is 0 Å². The minimum Gasteiger partial charge on any atom is -0.394 e. The molecule has 0 spiro atoms. The first-order chi connectivity index (χ1) is 13.0. The predicted molar refractivity (Wildman–Crippen MR) is 97.5 cm³/mol. The van der Waals surface area contributed by atoms with Gasteiger partial charge in [0.2, 0.25) is 0 Å². The monoisotopic (exact) mass is 404 g/mol. The van der Waals surface area contributed by atoms with Crippen LogP contribution in [-0.4, -0.2) is 100 Å². The van der Waals surface area contributed by atoms with Crippen LogP contribution in [0.3, 0.4) is 0 Å². The Hall–Kier alpha value is -1.14. The molecule has 1 aromatic heterocycles. The van der Waals surface area contributed by atoms with E-state index in [-0.39, 0.29) is 19.1 Å². The fourth-order valence-corrected chi connectivity index (χ4v) is 3.42. The molecule has 0 bridgehead atoms. The van der Waals surface area contributed by atoms with Crippen LogP contribution in [0.2, 0.25) is 0 Å². The SMILES string of the molecule is O=C(c1nccs1)N1CCCOCCCCO[C@H]([C@H](O)CO)[C@H](O)[C@H](O)C1. The zero-order valence-electron chi connectivity index (χ0n) is 15.1. The topological polar surface area (TPSA) is 133 Å². The van der Waals surface area contributed by atoms with E-state index in [1.54, 1.807) is 5.38 Å². The van der Waals surface area contributed by atoms with E-state index in [0.717, 1.165) is 6.42 Å². The molecule has 1 aliphatic rings. The third-order valence-electron chi connectivity index (χ3n) is 4.32. The first kappa shape index (κ1) is 22.2. The Labute approximate surface area is 162 Å². The minimum absolute atomic E-state index is 0.155. The van der Waals surface area contributed by atoms with E-state index in [2.05, 4.69) is 4.98 Å². The van der Waals surface area contributed by atoms with Crippen LogP contribution in [0.1, 0.15) is 29.1 Å². The van der Waals surface area contributed by atoms with E-state index in [1.807, 2.05) is 0 Å². The van der Waals surface area contributed by atoms with Crippen LogP contribution >= 0.6 is 11.3 Å². The van der Waals surface area contributed by atoms with Crippen molar-refractivity contribution in [2.75, 3.05) is 39.5 Å². The summed E-state index contributed by atoms with van der Waals surface area (Å²) in [7, 11) is 0. The van der Waals surface area contributed by atoms with Crippen molar-refractivity contribution in [2.24, 2.45) is 0 Å². The van der Waals surface area contributed by atoms with Gasteiger partial charge in [-0.3, -0.25) is 4.79 Å². The van der Waals surface area contributed by atoms with E-state index >= 15 is 0 Å². The first-order valence-electron chi connectivity index (χ1n) is 9.07. The van der Waals surface area contributed by atoms with E-state index < -0.39 is 31.0 Å². The number of aliphatic hydroxyl groups excluding tert-OH is 4. The van der Waals surface area contributed by atoms with Crippen LogP contribution < -0.4 is 0 Å². The Morgan fingerprint density at radius 2 is 2.04 bits per heavy atom. The van der Waals surface area contributed by atoms with Gasteiger partial charge in [-0.2, -0.15) is 0 Å². The summed E-state index contributed by atoms with van der Waals surface area (Å²) in [5.41, 5.74) is 0. The van der Waals surface area contributed by atoms with Gasteiger partial charge in [0.05, 0.1) is 6.61 Å². The van der Waals surface area contributed by atoms with Gasteiger partial charge in [0.25, 0.3) is 5.91 Å². The largest absolute Gasteiger partial charge is 0.394 e. The molecule has 154 valence electrons. The summed E-state index contributed by atoms with van der Waals surface area (Å²) in [6, 6.07) is 0. The Morgan fingerprint density at radius 3 is 2.74 bits per heavy atom. The van der Waals surface area contributed by atoms with Crippen molar-refractivity contribution in [1.29, 1.82) is 0 Å². The van der Waals surface area contributed by atoms with Gasteiger partial charge in [-0.25, -0.2) is 4.98 Å². The van der Waals surface area contributed by atoms with Gasteiger partial charge in [-0.05, 0) is 19.3 Å². The zero-order chi connectivity index (χ0) is 19.6. The summed E-state index contributed by atoms with van der Waals surface area (Å²) in [5.74, 6) is -0.344. The second kappa shape index (κ2) is 11.6. The van der Waals surface area contributed by atoms with Crippen molar-refractivity contribution in [3.05, 3.63) is 16.6 Å². The Balaban J connectivity index is 2.12. The molecule has 4 N–H and O–H groups in total. The molecule has 0 radical (unpaired) electrons. The van der Waals surface area contributed by atoms with Crippen molar-refractivity contribution >= 4 is 17.2 Å². The minimum atomic E-state index is -1.46. The number of aromatic nitrogens is 1. The third-order valence-corrected chi connectivity index (χ3v) is 5.08. The average Bonchev–Trinajstić information content (AvgIpc) is 3.21. The number of hydrogen-bond donors (Lipinski definition) is 4. The van der Waals surface area contributed by atoms with Gasteiger partial charge in [-0.15, -0.1) is 11.3 Å². The van der Waals surface area contributed by atoms with Crippen molar-refractivity contribution in [1.82, 2.24) is 9.88 Å². The molecule has 4 atom stereocenters. The number of rotatable bonds is 3. The summed E-state index contributed by atoms with van der Waals surface area (Å²) in [4.78, 5) is 18.1. The number of aliphatic hydroxyl groups is 4. The molecule has 0 aliphatic carbocycles. The second-order valence-corrected chi connectivity index (χ2v) is 7.30. The Kier molecular flexibility index (Phi) is 9.56. The second-order valence-electron chi connectivity index (χ2n) is 6.40. The number of amides is 1. The summed E-state index contributed by atoms with van der Waals surface area (Å²) in [6.07, 6.45) is -1.82. The fraction of sp³-hybridized carbons (Fsp3) is 0.765.